The molecule has 130 valence electrons. The maximum absolute atomic E-state index is 9.22. The van der Waals surface area contributed by atoms with Crippen LogP contribution in [-0.4, -0.2) is 24.6 Å². The fraction of sp³-hybridized carbons (Fsp3) is 0.167. The van der Waals surface area contributed by atoms with Crippen molar-refractivity contribution >= 4 is 10.4 Å². The van der Waals surface area contributed by atoms with E-state index in [1.807, 2.05) is 0 Å². The molecule has 1 aromatic heterocycles. The number of imidazole rings is 1. The highest BCUT2D eigenvalue weighted by Crippen LogP contribution is 2.30. The second-order valence-corrected chi connectivity index (χ2v) is 6.77. The van der Waals surface area contributed by atoms with Gasteiger partial charge in [0.1, 0.15) is 12.7 Å². The van der Waals surface area contributed by atoms with Gasteiger partial charge in [-0.1, -0.05) is 48.5 Å². The van der Waals surface area contributed by atoms with Crippen molar-refractivity contribution in [2.75, 3.05) is 7.11 Å². The molecule has 0 saturated heterocycles. The minimum absolute atomic E-state index is 0.808. The first-order valence-corrected chi connectivity index (χ1v) is 8.98. The van der Waals surface area contributed by atoms with Crippen LogP contribution in [0.5, 0.6) is 0 Å². The molecule has 0 fully saturated rings. The van der Waals surface area contributed by atoms with Crippen molar-refractivity contribution in [2.45, 2.75) is 6.54 Å². The second-order valence-electron chi connectivity index (χ2n) is 5.62. The molecule has 0 unspecified atom stereocenters. The van der Waals surface area contributed by atoms with Gasteiger partial charge in [0, 0.05) is 11.1 Å². The Hall–Kier alpha value is -2.48. The molecule has 0 spiro atoms. The van der Waals surface area contributed by atoms with E-state index in [4.69, 9.17) is 0 Å². The Kier molecular flexibility index (Phi) is 4.71. The summed E-state index contributed by atoms with van der Waals surface area (Å²) in [6.07, 6.45) is 2.25. The number of hydrogen-bond acceptors (Lipinski definition) is 4. The molecule has 0 N–H and O–H groups in total. The van der Waals surface area contributed by atoms with Crippen LogP contribution in [0.3, 0.4) is 0 Å². The van der Waals surface area contributed by atoms with Crippen molar-refractivity contribution in [1.29, 1.82) is 0 Å². The molecular weight excluding hydrogens is 340 g/mol. The SMILES string of the molecule is COS(=O)(=O)[O-].Cn1c(-c2ccccc2)c[n+]2c1-c1ccccc1C2. The van der Waals surface area contributed by atoms with Gasteiger partial charge in [-0.05, 0) is 6.07 Å². The second kappa shape index (κ2) is 6.79. The number of rotatable bonds is 2. The topological polar surface area (TPSA) is 75.2 Å². The van der Waals surface area contributed by atoms with E-state index < -0.39 is 10.4 Å². The maximum Gasteiger partial charge on any atom is 0.289 e. The average molecular weight is 358 g/mol. The first-order chi connectivity index (χ1) is 11.9. The van der Waals surface area contributed by atoms with Crippen LogP contribution in [0.25, 0.3) is 22.6 Å². The van der Waals surface area contributed by atoms with E-state index in [0.717, 1.165) is 13.7 Å². The first kappa shape index (κ1) is 17.3. The molecule has 1 aliphatic heterocycles. The minimum Gasteiger partial charge on any atom is -0.726 e. The summed E-state index contributed by atoms with van der Waals surface area (Å²) >= 11 is 0. The van der Waals surface area contributed by atoms with Crippen LogP contribution < -0.4 is 4.57 Å². The largest absolute Gasteiger partial charge is 0.726 e. The summed E-state index contributed by atoms with van der Waals surface area (Å²) in [7, 11) is -1.46. The van der Waals surface area contributed by atoms with E-state index in [-0.39, 0.29) is 0 Å². The van der Waals surface area contributed by atoms with Crippen LogP contribution in [0.15, 0.2) is 60.8 Å². The van der Waals surface area contributed by atoms with E-state index in [2.05, 4.69) is 81.2 Å². The first-order valence-electron chi connectivity index (χ1n) is 7.65. The predicted molar refractivity (Wildman–Crippen MR) is 92.3 cm³/mol. The zero-order valence-electron chi connectivity index (χ0n) is 13.9. The quantitative estimate of drug-likeness (QED) is 0.312. The molecule has 0 radical (unpaired) electrons. The summed E-state index contributed by atoms with van der Waals surface area (Å²) in [4.78, 5) is 0. The highest BCUT2D eigenvalue weighted by molar-refractivity contribution is 7.80. The Balaban J connectivity index is 0.000000265. The molecule has 7 heteroatoms. The van der Waals surface area contributed by atoms with Gasteiger partial charge in [0.2, 0.25) is 10.4 Å². The van der Waals surface area contributed by atoms with Crippen molar-refractivity contribution in [3.05, 3.63) is 66.4 Å². The van der Waals surface area contributed by atoms with Crippen LogP contribution >= 0.6 is 0 Å². The third kappa shape index (κ3) is 3.63. The fourth-order valence-corrected chi connectivity index (χ4v) is 2.99. The smallest absolute Gasteiger partial charge is 0.289 e. The van der Waals surface area contributed by atoms with Gasteiger partial charge >= 0.3 is 0 Å². The Bertz CT molecular complexity index is 995. The van der Waals surface area contributed by atoms with Crippen LogP contribution in [0.2, 0.25) is 0 Å². The van der Waals surface area contributed by atoms with Crippen LogP contribution in [0, 0.1) is 0 Å². The third-order valence-corrected chi connectivity index (χ3v) is 4.51. The number of nitrogens with zero attached hydrogens (tertiary/aromatic N) is 2. The number of aromatic nitrogens is 2. The monoisotopic (exact) mass is 358 g/mol. The molecule has 0 saturated carbocycles. The molecule has 6 nitrogen and oxygen atoms in total. The molecule has 0 amide bonds. The number of benzene rings is 2. The Morgan fingerprint density at radius 2 is 1.68 bits per heavy atom. The molecule has 2 heterocycles. The van der Waals surface area contributed by atoms with Crippen LogP contribution in [-0.2, 0) is 28.2 Å². The zero-order valence-corrected chi connectivity index (χ0v) is 14.7. The van der Waals surface area contributed by atoms with Crippen molar-refractivity contribution < 1.29 is 21.7 Å². The van der Waals surface area contributed by atoms with E-state index >= 15 is 0 Å². The summed E-state index contributed by atoms with van der Waals surface area (Å²) < 4.78 is 35.7. The predicted octanol–water partition coefficient (Wildman–Crippen LogP) is 2.10. The standard InChI is InChI=1S/C17H15N2.CH4O4S/c1-18-16(13-7-3-2-4-8-13)12-19-11-14-9-5-6-10-15(14)17(18)19;1-5-6(2,3)4/h2-10,12H,11H2,1H3;1H3,(H,2,3,4)/q+1;/p-1. The average Bonchev–Trinajstić information content (AvgIpc) is 3.12. The van der Waals surface area contributed by atoms with Crippen LogP contribution in [0.1, 0.15) is 5.56 Å². The summed E-state index contributed by atoms with van der Waals surface area (Å²) in [6, 6.07) is 19.2. The maximum atomic E-state index is 9.22. The molecule has 3 aromatic rings. The Morgan fingerprint density at radius 3 is 2.32 bits per heavy atom. The van der Waals surface area contributed by atoms with E-state index in [1.165, 1.54) is 28.2 Å². The molecule has 2 aromatic carbocycles. The highest BCUT2D eigenvalue weighted by Gasteiger charge is 2.30. The van der Waals surface area contributed by atoms with Crippen molar-refractivity contribution in [1.82, 2.24) is 4.57 Å². The van der Waals surface area contributed by atoms with Crippen molar-refractivity contribution in [3.8, 4) is 22.6 Å². The number of hydrogen-bond donors (Lipinski definition) is 0. The Morgan fingerprint density at radius 1 is 1.08 bits per heavy atom. The lowest BCUT2D eigenvalue weighted by Gasteiger charge is -1.99. The van der Waals surface area contributed by atoms with Gasteiger partial charge in [-0.15, -0.1) is 0 Å². The van der Waals surface area contributed by atoms with E-state index in [9.17, 15) is 13.0 Å². The lowest BCUT2D eigenvalue weighted by atomic mass is 10.1. The normalized spacial score (nSPS) is 12.1. The van der Waals surface area contributed by atoms with Gasteiger partial charge in [0.15, 0.2) is 5.69 Å². The van der Waals surface area contributed by atoms with E-state index in [0.29, 0.717) is 0 Å². The number of fused-ring (bicyclic) bond motifs is 3. The van der Waals surface area contributed by atoms with Gasteiger partial charge < -0.3 is 4.55 Å². The van der Waals surface area contributed by atoms with Crippen molar-refractivity contribution in [2.24, 2.45) is 7.05 Å². The van der Waals surface area contributed by atoms with Crippen LogP contribution in [0.4, 0.5) is 0 Å². The highest BCUT2D eigenvalue weighted by atomic mass is 32.3. The molecule has 0 bridgehead atoms. The third-order valence-electron chi connectivity index (χ3n) is 4.10. The van der Waals surface area contributed by atoms with Gasteiger partial charge in [-0.2, -0.15) is 0 Å². The lowest BCUT2D eigenvalue weighted by molar-refractivity contribution is -0.671. The molecular formula is C18H18N2O4S. The molecule has 25 heavy (non-hydrogen) atoms. The molecule has 4 rings (SSSR count). The molecule has 0 aliphatic carbocycles. The molecule has 0 atom stereocenters. The van der Waals surface area contributed by atoms with Gasteiger partial charge in [0.25, 0.3) is 5.82 Å². The minimum atomic E-state index is -4.41. The molecule has 1 aliphatic rings. The van der Waals surface area contributed by atoms with Gasteiger partial charge in [-0.25, -0.2) is 17.6 Å². The lowest BCUT2D eigenvalue weighted by Crippen LogP contribution is -2.29. The zero-order chi connectivity index (χ0) is 18.0. The Labute approximate surface area is 146 Å². The summed E-state index contributed by atoms with van der Waals surface area (Å²) in [5.41, 5.74) is 5.30. The van der Waals surface area contributed by atoms with Gasteiger partial charge in [0.05, 0.1) is 19.7 Å². The summed E-state index contributed by atoms with van der Waals surface area (Å²) in [6.45, 7) is 0.978. The van der Waals surface area contributed by atoms with E-state index in [1.54, 1.807) is 0 Å². The summed E-state index contributed by atoms with van der Waals surface area (Å²) in [5, 5.41) is 0. The van der Waals surface area contributed by atoms with Crippen molar-refractivity contribution in [3.63, 3.8) is 0 Å². The fourth-order valence-electron chi connectivity index (χ4n) is 2.99. The summed E-state index contributed by atoms with van der Waals surface area (Å²) in [5.74, 6) is 1.30. The van der Waals surface area contributed by atoms with Gasteiger partial charge in [-0.3, -0.25) is 4.18 Å².